The van der Waals surface area contributed by atoms with Gasteiger partial charge in [-0.2, -0.15) is 0 Å². The van der Waals surface area contributed by atoms with Crippen molar-refractivity contribution in [3.8, 4) is 22.6 Å². The molecular weight excluding hydrogens is 455 g/mol. The molecule has 4 nitrogen and oxygen atoms in total. The zero-order valence-electron chi connectivity index (χ0n) is 22.0. The summed E-state index contributed by atoms with van der Waals surface area (Å²) in [5, 5.41) is 0. The Hall–Kier alpha value is -3.34. The number of carbonyl (C=O) groups excluding carboxylic acids is 1. The molecule has 0 fully saturated rings. The fraction of sp³-hybridized carbons (Fsp3) is 0.387. The summed E-state index contributed by atoms with van der Waals surface area (Å²) < 4.78 is 31.3. The molecule has 36 heavy (non-hydrogen) atoms. The van der Waals surface area contributed by atoms with Crippen molar-refractivity contribution < 1.29 is 23.4 Å². The molecule has 2 unspecified atom stereocenters. The summed E-state index contributed by atoms with van der Waals surface area (Å²) in [5.74, 6) is 0.889. The van der Waals surface area contributed by atoms with E-state index >= 15 is 0 Å². The van der Waals surface area contributed by atoms with Gasteiger partial charge >= 0.3 is 5.97 Å². The van der Waals surface area contributed by atoms with Gasteiger partial charge in [-0.05, 0) is 82.3 Å². The lowest BCUT2D eigenvalue weighted by molar-refractivity contribution is -0.145. The summed E-state index contributed by atoms with van der Waals surface area (Å²) in [4.78, 5) is 12.1. The highest BCUT2D eigenvalue weighted by molar-refractivity contribution is 5.73. The van der Waals surface area contributed by atoms with Gasteiger partial charge in [-0.3, -0.25) is 4.79 Å². The normalized spacial score (nSPS) is 15.8. The molecule has 0 radical (unpaired) electrons. The van der Waals surface area contributed by atoms with E-state index in [1.54, 1.807) is 19.2 Å². The van der Waals surface area contributed by atoms with Crippen molar-refractivity contribution in [2.75, 3.05) is 14.2 Å². The average molecular weight is 491 g/mol. The summed E-state index contributed by atoms with van der Waals surface area (Å²) in [6.45, 7) is 8.69. The van der Waals surface area contributed by atoms with Crippen LogP contribution in [0.1, 0.15) is 62.3 Å². The van der Waals surface area contributed by atoms with Crippen LogP contribution in [-0.4, -0.2) is 20.2 Å². The molecule has 2 atom stereocenters. The molecule has 190 valence electrons. The van der Waals surface area contributed by atoms with Crippen LogP contribution in [0.3, 0.4) is 0 Å². The summed E-state index contributed by atoms with van der Waals surface area (Å²) >= 11 is 0. The molecule has 0 bridgehead atoms. The Bertz CT molecular complexity index is 1260. The zero-order valence-corrected chi connectivity index (χ0v) is 22.0. The molecule has 0 N–H and O–H groups in total. The third-order valence-electron chi connectivity index (χ3n) is 7.18. The number of hydrogen-bond acceptors (Lipinski definition) is 4. The van der Waals surface area contributed by atoms with E-state index in [-0.39, 0.29) is 29.0 Å². The van der Waals surface area contributed by atoms with Crippen LogP contribution < -0.4 is 9.47 Å². The highest BCUT2D eigenvalue weighted by atomic mass is 19.1. The summed E-state index contributed by atoms with van der Waals surface area (Å²) in [7, 11) is 3.02. The van der Waals surface area contributed by atoms with Gasteiger partial charge in [0.05, 0.1) is 20.1 Å². The molecule has 0 aliphatic heterocycles. The van der Waals surface area contributed by atoms with Gasteiger partial charge < -0.3 is 14.2 Å². The van der Waals surface area contributed by atoms with E-state index in [0.717, 1.165) is 35.3 Å². The predicted molar refractivity (Wildman–Crippen MR) is 140 cm³/mol. The molecule has 5 heteroatoms. The molecule has 4 rings (SSSR count). The highest BCUT2D eigenvalue weighted by Crippen LogP contribution is 2.41. The van der Waals surface area contributed by atoms with E-state index in [0.29, 0.717) is 17.9 Å². The van der Waals surface area contributed by atoms with Crippen LogP contribution in [0.4, 0.5) is 4.39 Å². The van der Waals surface area contributed by atoms with Gasteiger partial charge in [-0.1, -0.05) is 52.0 Å². The highest BCUT2D eigenvalue weighted by Gasteiger charge is 2.32. The van der Waals surface area contributed by atoms with E-state index in [2.05, 4.69) is 39.0 Å². The lowest BCUT2D eigenvalue weighted by Gasteiger charge is -2.25. The average Bonchev–Trinajstić information content (AvgIpc) is 3.29. The number of aryl methyl sites for hydroxylation is 1. The van der Waals surface area contributed by atoms with Gasteiger partial charge in [0.25, 0.3) is 0 Å². The van der Waals surface area contributed by atoms with Crippen molar-refractivity contribution in [3.63, 3.8) is 0 Å². The van der Waals surface area contributed by atoms with Crippen molar-refractivity contribution in [2.45, 2.75) is 58.5 Å². The number of carbonyl (C=O) groups is 1. The Kier molecular flexibility index (Phi) is 7.39. The van der Waals surface area contributed by atoms with Gasteiger partial charge in [-0.15, -0.1) is 0 Å². The quantitative estimate of drug-likeness (QED) is 0.328. The van der Waals surface area contributed by atoms with Gasteiger partial charge in [0, 0.05) is 5.56 Å². The molecule has 0 aromatic heterocycles. The van der Waals surface area contributed by atoms with Crippen molar-refractivity contribution in [1.29, 1.82) is 0 Å². The Labute approximate surface area is 213 Å². The Morgan fingerprint density at radius 1 is 1.00 bits per heavy atom. The van der Waals surface area contributed by atoms with Crippen LogP contribution in [0.2, 0.25) is 0 Å². The SMILES string of the molecule is COC(=O)C(C)C1CCc2ccc(OCc3ccc(-c4cc(OC)ccc4F)c(C(C)(C)C)c3)cc21. The van der Waals surface area contributed by atoms with E-state index in [9.17, 15) is 9.18 Å². The van der Waals surface area contributed by atoms with Crippen LogP contribution in [-0.2, 0) is 28.0 Å². The lowest BCUT2D eigenvalue weighted by atomic mass is 9.81. The minimum Gasteiger partial charge on any atom is -0.497 e. The van der Waals surface area contributed by atoms with Crippen LogP contribution >= 0.6 is 0 Å². The molecular formula is C31H35FO4. The topological polar surface area (TPSA) is 44.8 Å². The van der Waals surface area contributed by atoms with Gasteiger partial charge in [0.15, 0.2) is 0 Å². The smallest absolute Gasteiger partial charge is 0.308 e. The van der Waals surface area contributed by atoms with Crippen LogP contribution in [0, 0.1) is 11.7 Å². The third-order valence-corrected chi connectivity index (χ3v) is 7.18. The number of halogens is 1. The standard InChI is InChI=1S/C31H35FO4/c1-19(30(33)35-6)24-13-9-21-8-10-23(17-26(21)24)36-18-20-7-12-25(28(15-20)31(2,3)4)27-16-22(34-5)11-14-29(27)32/h7-8,10-12,14-17,19,24H,9,13,18H2,1-6H3. The fourth-order valence-corrected chi connectivity index (χ4v) is 5.11. The van der Waals surface area contributed by atoms with Gasteiger partial charge in [0.1, 0.15) is 23.9 Å². The molecule has 0 saturated heterocycles. The third kappa shape index (κ3) is 5.25. The molecule has 3 aromatic rings. The molecule has 1 aliphatic rings. The molecule has 3 aromatic carbocycles. The molecule has 0 heterocycles. The first-order valence-electron chi connectivity index (χ1n) is 12.4. The van der Waals surface area contributed by atoms with E-state index in [1.807, 2.05) is 25.1 Å². The lowest BCUT2D eigenvalue weighted by Crippen LogP contribution is -2.19. The predicted octanol–water partition coefficient (Wildman–Crippen LogP) is 7.22. The van der Waals surface area contributed by atoms with Crippen molar-refractivity contribution in [1.82, 2.24) is 0 Å². The Morgan fingerprint density at radius 2 is 1.75 bits per heavy atom. The first kappa shape index (κ1) is 25.7. The van der Waals surface area contributed by atoms with E-state index in [4.69, 9.17) is 14.2 Å². The van der Waals surface area contributed by atoms with Crippen LogP contribution in [0.15, 0.2) is 54.6 Å². The number of benzene rings is 3. The number of rotatable bonds is 7. The second-order valence-corrected chi connectivity index (χ2v) is 10.6. The maximum Gasteiger partial charge on any atom is 0.308 e. The molecule has 0 saturated carbocycles. The Morgan fingerprint density at radius 3 is 2.44 bits per heavy atom. The first-order valence-corrected chi connectivity index (χ1v) is 12.4. The number of ether oxygens (including phenoxy) is 3. The number of fused-ring (bicyclic) bond motifs is 1. The fourth-order valence-electron chi connectivity index (χ4n) is 5.11. The molecule has 0 spiro atoms. The maximum absolute atomic E-state index is 14.8. The number of methoxy groups -OCH3 is 2. The van der Waals surface area contributed by atoms with E-state index < -0.39 is 0 Å². The van der Waals surface area contributed by atoms with Gasteiger partial charge in [0.2, 0.25) is 0 Å². The maximum atomic E-state index is 14.8. The zero-order chi connectivity index (χ0) is 26.0. The van der Waals surface area contributed by atoms with E-state index in [1.165, 1.54) is 24.3 Å². The number of hydrogen-bond donors (Lipinski definition) is 0. The summed E-state index contributed by atoms with van der Waals surface area (Å²) in [6.07, 6.45) is 1.89. The summed E-state index contributed by atoms with van der Waals surface area (Å²) in [5.41, 5.74) is 5.65. The number of esters is 1. The Balaban J connectivity index is 1.59. The van der Waals surface area contributed by atoms with Crippen molar-refractivity contribution in [2.24, 2.45) is 5.92 Å². The minimum atomic E-state index is -0.279. The van der Waals surface area contributed by atoms with Crippen LogP contribution in [0.5, 0.6) is 11.5 Å². The van der Waals surface area contributed by atoms with Crippen molar-refractivity contribution >= 4 is 5.97 Å². The largest absolute Gasteiger partial charge is 0.497 e. The second-order valence-electron chi connectivity index (χ2n) is 10.6. The molecule has 0 amide bonds. The van der Waals surface area contributed by atoms with Crippen molar-refractivity contribution in [3.05, 3.63) is 82.7 Å². The first-order chi connectivity index (χ1) is 17.1. The summed E-state index contributed by atoms with van der Waals surface area (Å²) in [6, 6.07) is 17.0. The minimum absolute atomic E-state index is 0.139. The van der Waals surface area contributed by atoms with Crippen LogP contribution in [0.25, 0.3) is 11.1 Å². The monoisotopic (exact) mass is 490 g/mol. The molecule has 1 aliphatic carbocycles. The van der Waals surface area contributed by atoms with Gasteiger partial charge in [-0.25, -0.2) is 4.39 Å². The second kappa shape index (κ2) is 10.3.